The quantitative estimate of drug-likeness (QED) is 0.120. The van der Waals surface area contributed by atoms with E-state index in [-0.39, 0.29) is 11.8 Å². The van der Waals surface area contributed by atoms with Crippen molar-refractivity contribution in [3.05, 3.63) is 70.4 Å². The van der Waals surface area contributed by atoms with Gasteiger partial charge in [-0.3, -0.25) is 24.2 Å². The number of pyridine rings is 2. The smallest absolute Gasteiger partial charge is 0.320 e. The number of nitrogens with one attached hydrogen (secondary N) is 4. The summed E-state index contributed by atoms with van der Waals surface area (Å²) >= 11 is 0. The zero-order valence-corrected chi connectivity index (χ0v) is 35.8. The lowest BCUT2D eigenvalue weighted by atomic mass is 9.79. The predicted octanol–water partition coefficient (Wildman–Crippen LogP) is 3.91. The van der Waals surface area contributed by atoms with Gasteiger partial charge in [-0.15, -0.1) is 0 Å². The molecule has 4 atom stereocenters. The second kappa shape index (κ2) is 19.0. The van der Waals surface area contributed by atoms with Gasteiger partial charge in [0.1, 0.15) is 23.7 Å². The van der Waals surface area contributed by atoms with E-state index in [1.807, 2.05) is 15.9 Å². The number of nitrogens with zero attached hydrogens (tertiary/aromatic N) is 4. The maximum absolute atomic E-state index is 13.0. The molecule has 2 fully saturated rings. The topological polar surface area (TPSA) is 206 Å². The number of hydrogen-bond acceptors (Lipinski definition) is 11. The lowest BCUT2D eigenvalue weighted by Crippen LogP contribution is -2.48. The van der Waals surface area contributed by atoms with Crippen LogP contribution in [0.2, 0.25) is 0 Å². The number of fused-ring (bicyclic) bond motifs is 2. The van der Waals surface area contributed by atoms with Crippen molar-refractivity contribution in [1.29, 1.82) is 0 Å². The van der Waals surface area contributed by atoms with Crippen molar-refractivity contribution in [1.82, 2.24) is 29.8 Å². The van der Waals surface area contributed by atoms with Crippen molar-refractivity contribution in [2.45, 2.75) is 96.0 Å². The minimum absolute atomic E-state index is 0.0140. The minimum Gasteiger partial charge on any atom is -0.480 e. The molecular weight excluding hydrogens is 785 g/mol. The number of carbonyl (C=O) groups is 3. The predicted molar refractivity (Wildman–Crippen MR) is 230 cm³/mol. The number of aromatic nitrogens is 2. The second-order valence-electron chi connectivity index (χ2n) is 17.2. The second-order valence-corrected chi connectivity index (χ2v) is 19.2. The Morgan fingerprint density at radius 3 is 2.02 bits per heavy atom. The fourth-order valence-electron chi connectivity index (χ4n) is 9.20. The number of sulfonamides is 1. The first kappa shape index (κ1) is 43.4. The Kier molecular flexibility index (Phi) is 13.7. The highest BCUT2D eigenvalue weighted by Crippen LogP contribution is 2.35. The standard InChI is InChI=1S/C44H60N8O7S/c1-27-6-7-30(24-47-42(53)31-12-17-51(18-13-31)28(2)43(54)55)21-38(27)39-11-9-33-23-35(26-46-41(33)50-39)34-22-32-8-10-36(49-40(32)45-25-34)5-4-16-48-60(58,59)37-14-19-52(20-15-37)29(3)44(56)57/h6-11,21,28-29,31,34-35,37,48H,4-5,12-20,22-26H2,1-3H3,(H,45,49)(H,46,50)(H,47,53)(H,54,55)(H,56,57). The molecule has 2 aromatic heterocycles. The van der Waals surface area contributed by atoms with Crippen LogP contribution in [0.15, 0.2) is 42.5 Å². The van der Waals surface area contributed by atoms with Gasteiger partial charge in [-0.25, -0.2) is 23.1 Å². The van der Waals surface area contributed by atoms with E-state index in [4.69, 9.17) is 9.97 Å². The van der Waals surface area contributed by atoms with E-state index >= 15 is 0 Å². The molecule has 0 radical (unpaired) electrons. The molecule has 1 amide bonds. The van der Waals surface area contributed by atoms with Crippen LogP contribution < -0.4 is 20.7 Å². The first-order chi connectivity index (χ1) is 28.8. The van der Waals surface area contributed by atoms with Crippen LogP contribution in [0.25, 0.3) is 11.3 Å². The van der Waals surface area contributed by atoms with Gasteiger partial charge in [-0.05, 0) is 138 Å². The maximum Gasteiger partial charge on any atom is 0.320 e. The Labute approximate surface area is 353 Å². The third-order valence-corrected chi connectivity index (χ3v) is 15.2. The zero-order valence-electron chi connectivity index (χ0n) is 35.0. The number of aliphatic carboxylic acids is 2. The lowest BCUT2D eigenvalue weighted by molar-refractivity contribution is -0.144. The van der Waals surface area contributed by atoms with Gasteiger partial charge in [0.15, 0.2) is 0 Å². The fourth-order valence-corrected chi connectivity index (χ4v) is 10.7. The Balaban J connectivity index is 0.868. The third-order valence-electron chi connectivity index (χ3n) is 13.3. The molecule has 60 heavy (non-hydrogen) atoms. The summed E-state index contributed by atoms with van der Waals surface area (Å²) in [5.74, 6) is 0.848. The summed E-state index contributed by atoms with van der Waals surface area (Å²) < 4.78 is 28.6. The summed E-state index contributed by atoms with van der Waals surface area (Å²) in [6, 6.07) is 13.6. The van der Waals surface area contributed by atoms with Crippen molar-refractivity contribution < 1.29 is 33.0 Å². The summed E-state index contributed by atoms with van der Waals surface area (Å²) in [5.41, 5.74) is 7.36. The van der Waals surface area contributed by atoms with Gasteiger partial charge in [-0.1, -0.05) is 24.3 Å². The summed E-state index contributed by atoms with van der Waals surface area (Å²) in [6.07, 6.45) is 5.30. The number of piperidine rings is 2. The van der Waals surface area contributed by atoms with Crippen molar-refractivity contribution >= 4 is 39.5 Å². The highest BCUT2D eigenvalue weighted by molar-refractivity contribution is 7.90. The monoisotopic (exact) mass is 844 g/mol. The van der Waals surface area contributed by atoms with Crippen LogP contribution in [0, 0.1) is 24.7 Å². The van der Waals surface area contributed by atoms with E-state index in [9.17, 15) is 33.0 Å². The van der Waals surface area contributed by atoms with Crippen LogP contribution in [0.4, 0.5) is 11.6 Å². The number of anilines is 2. The Hall–Kier alpha value is -4.64. The van der Waals surface area contributed by atoms with E-state index in [0.29, 0.717) is 89.6 Å². The largest absolute Gasteiger partial charge is 0.480 e. The van der Waals surface area contributed by atoms with E-state index in [2.05, 4.69) is 64.0 Å². The molecule has 6 N–H and O–H groups in total. The van der Waals surface area contributed by atoms with Crippen LogP contribution in [0.1, 0.15) is 73.9 Å². The molecule has 1 aromatic carbocycles. The number of benzene rings is 1. The van der Waals surface area contributed by atoms with Crippen LogP contribution in [0.3, 0.4) is 0 Å². The number of aryl methyl sites for hydroxylation is 2. The molecule has 324 valence electrons. The number of carboxylic acids is 2. The number of hydrogen-bond donors (Lipinski definition) is 6. The highest BCUT2D eigenvalue weighted by atomic mass is 32.2. The number of likely N-dealkylation sites (tertiary alicyclic amines) is 2. The SMILES string of the molecule is Cc1ccc(CNC(=O)C2CCN(C(C)C(=O)O)CC2)cc1-c1ccc2c(n1)NCC(C1CNc3nc(CCCNS(=O)(=O)C4CCN(C(C)C(=O)O)CC4)ccc3C1)C2. The van der Waals surface area contributed by atoms with Crippen molar-refractivity contribution in [2.75, 3.05) is 56.4 Å². The van der Waals surface area contributed by atoms with Gasteiger partial charge < -0.3 is 26.2 Å². The molecule has 4 aliphatic heterocycles. The fraction of sp³-hybridized carbons (Fsp3) is 0.568. The molecular formula is C44H60N8O7S. The molecule has 6 heterocycles. The molecule has 0 saturated carbocycles. The molecule has 4 aliphatic rings. The normalized spacial score (nSPS) is 21.4. The van der Waals surface area contributed by atoms with Crippen molar-refractivity contribution in [2.24, 2.45) is 17.8 Å². The van der Waals surface area contributed by atoms with Crippen LogP contribution in [-0.4, -0.2) is 119 Å². The van der Waals surface area contributed by atoms with E-state index < -0.39 is 39.3 Å². The first-order valence-electron chi connectivity index (χ1n) is 21.5. The molecule has 16 heteroatoms. The van der Waals surface area contributed by atoms with E-state index in [0.717, 1.165) is 65.6 Å². The van der Waals surface area contributed by atoms with Crippen LogP contribution in [-0.2, 0) is 50.2 Å². The van der Waals surface area contributed by atoms with Gasteiger partial charge in [-0.2, -0.15) is 0 Å². The number of amides is 1. The maximum atomic E-state index is 13.0. The average molecular weight is 845 g/mol. The summed E-state index contributed by atoms with van der Waals surface area (Å²) in [6.45, 7) is 9.92. The molecule has 7 rings (SSSR count). The van der Waals surface area contributed by atoms with Gasteiger partial charge in [0.2, 0.25) is 15.9 Å². The summed E-state index contributed by atoms with van der Waals surface area (Å²) in [4.78, 5) is 49.4. The minimum atomic E-state index is -3.48. The van der Waals surface area contributed by atoms with Gasteiger partial charge >= 0.3 is 11.9 Å². The molecule has 0 spiro atoms. The average Bonchev–Trinajstić information content (AvgIpc) is 3.26. The van der Waals surface area contributed by atoms with Gasteiger partial charge in [0.05, 0.1) is 10.9 Å². The summed E-state index contributed by atoms with van der Waals surface area (Å²) in [5, 5.41) is 28.4. The van der Waals surface area contributed by atoms with Gasteiger partial charge in [0.25, 0.3) is 0 Å². The number of carbonyl (C=O) groups excluding carboxylic acids is 1. The van der Waals surface area contributed by atoms with Crippen LogP contribution in [0.5, 0.6) is 0 Å². The summed E-state index contributed by atoms with van der Waals surface area (Å²) in [7, 11) is -3.48. The number of rotatable bonds is 15. The Morgan fingerprint density at radius 2 is 1.40 bits per heavy atom. The molecule has 2 saturated heterocycles. The van der Waals surface area contributed by atoms with Crippen molar-refractivity contribution in [3.63, 3.8) is 0 Å². The number of carboxylic acid groups (broad SMARTS) is 2. The molecule has 3 aromatic rings. The van der Waals surface area contributed by atoms with Crippen molar-refractivity contribution in [3.8, 4) is 11.3 Å². The highest BCUT2D eigenvalue weighted by Gasteiger charge is 2.34. The third kappa shape index (κ3) is 10.3. The molecule has 15 nitrogen and oxygen atoms in total. The molecule has 0 aliphatic carbocycles. The van der Waals surface area contributed by atoms with E-state index in [1.165, 1.54) is 11.1 Å². The Bertz CT molecular complexity index is 2150. The first-order valence-corrected chi connectivity index (χ1v) is 23.1. The van der Waals surface area contributed by atoms with Gasteiger partial charge in [0, 0.05) is 56.4 Å². The van der Waals surface area contributed by atoms with E-state index in [1.54, 1.807) is 13.8 Å². The molecule has 0 bridgehead atoms. The lowest BCUT2D eigenvalue weighted by Gasteiger charge is -2.35. The van der Waals surface area contributed by atoms with Crippen LogP contribution >= 0.6 is 0 Å². The molecule has 4 unspecified atom stereocenters. The Morgan fingerprint density at radius 1 is 0.817 bits per heavy atom. The zero-order chi connectivity index (χ0) is 42.6.